The summed E-state index contributed by atoms with van der Waals surface area (Å²) in [4.78, 5) is 45.3. The number of nitrogens with zero attached hydrogens (tertiary/aromatic N) is 3. The molecule has 1 atom stereocenters. The average molecular weight is 479 g/mol. The van der Waals surface area contributed by atoms with Gasteiger partial charge in [-0.2, -0.15) is 0 Å². The van der Waals surface area contributed by atoms with Crippen LogP contribution in [-0.4, -0.2) is 54.2 Å². The normalized spacial score (nSPS) is 16.9. The third-order valence-corrected chi connectivity index (χ3v) is 5.97. The summed E-state index contributed by atoms with van der Waals surface area (Å²) >= 11 is 0. The molecule has 0 bridgehead atoms. The van der Waals surface area contributed by atoms with E-state index < -0.39 is 17.4 Å². The van der Waals surface area contributed by atoms with E-state index in [9.17, 15) is 14.4 Å². The second-order valence-corrected chi connectivity index (χ2v) is 8.21. The maximum absolute atomic E-state index is 13.9. The maximum atomic E-state index is 13.9. The first kappa shape index (κ1) is 23.8. The van der Waals surface area contributed by atoms with Crippen LogP contribution in [0.1, 0.15) is 33.5 Å². The van der Waals surface area contributed by atoms with Crippen molar-refractivity contribution in [2.45, 2.75) is 25.6 Å². The summed E-state index contributed by atoms with van der Waals surface area (Å²) in [6.07, 6.45) is 1.37. The number of carbonyl (C=O) groups excluding carboxylic acids is 3. The Hall–Kier alpha value is -4.34. The van der Waals surface area contributed by atoms with Crippen molar-refractivity contribution in [3.05, 3.63) is 71.8 Å². The lowest BCUT2D eigenvalue weighted by atomic mass is 9.93. The number of fused-ring (bicyclic) bond motifs is 1. The van der Waals surface area contributed by atoms with Crippen molar-refractivity contribution in [2.24, 2.45) is 0 Å². The Morgan fingerprint density at radius 1 is 1.06 bits per heavy atom. The summed E-state index contributed by atoms with van der Waals surface area (Å²) in [5.41, 5.74) is -0.176. The summed E-state index contributed by atoms with van der Waals surface area (Å²) in [6, 6.07) is 14.4. The summed E-state index contributed by atoms with van der Waals surface area (Å²) < 4.78 is 17.1. The first-order chi connectivity index (χ1) is 16.8. The molecule has 182 valence electrons. The molecule has 2 aromatic carbocycles. The van der Waals surface area contributed by atoms with Crippen LogP contribution in [0.25, 0.3) is 0 Å². The molecule has 10 heteroatoms. The number of anilines is 1. The number of ether oxygens (including phenoxy) is 3. The molecule has 10 nitrogen and oxygen atoms in total. The van der Waals surface area contributed by atoms with E-state index in [4.69, 9.17) is 14.2 Å². The van der Waals surface area contributed by atoms with Gasteiger partial charge in [0.05, 0.1) is 39.9 Å². The third kappa shape index (κ3) is 4.30. The van der Waals surface area contributed by atoms with Crippen molar-refractivity contribution in [1.82, 2.24) is 14.9 Å². The first-order valence-corrected chi connectivity index (χ1v) is 10.9. The minimum Gasteiger partial charge on any atom is -0.497 e. The number of hydrogen-bond acceptors (Lipinski definition) is 7. The smallest absolute Gasteiger partial charge is 0.359 e. The number of esters is 1. The molecular weight excluding hydrogens is 452 g/mol. The lowest BCUT2D eigenvalue weighted by Crippen LogP contribution is -2.64. The molecule has 2 amide bonds. The van der Waals surface area contributed by atoms with Crippen molar-refractivity contribution >= 4 is 23.5 Å². The van der Waals surface area contributed by atoms with E-state index in [1.54, 1.807) is 25.1 Å². The minimum atomic E-state index is -1.37. The molecule has 1 aliphatic rings. The van der Waals surface area contributed by atoms with Crippen LogP contribution in [0, 0.1) is 0 Å². The van der Waals surface area contributed by atoms with Crippen molar-refractivity contribution < 1.29 is 28.6 Å². The van der Waals surface area contributed by atoms with Gasteiger partial charge in [-0.15, -0.1) is 0 Å². The van der Waals surface area contributed by atoms with Gasteiger partial charge in [0.25, 0.3) is 5.91 Å². The van der Waals surface area contributed by atoms with Gasteiger partial charge in [-0.3, -0.25) is 14.5 Å². The fourth-order valence-electron chi connectivity index (χ4n) is 4.17. The number of nitrogens with one attached hydrogen (secondary N) is 1. The van der Waals surface area contributed by atoms with Gasteiger partial charge in [0.2, 0.25) is 5.91 Å². The molecule has 35 heavy (non-hydrogen) atoms. The van der Waals surface area contributed by atoms with Gasteiger partial charge in [0, 0.05) is 24.7 Å². The van der Waals surface area contributed by atoms with Crippen molar-refractivity contribution in [2.75, 3.05) is 26.2 Å². The molecule has 0 spiro atoms. The van der Waals surface area contributed by atoms with Gasteiger partial charge in [-0.25, -0.2) is 9.78 Å². The number of amides is 2. The second-order valence-electron chi connectivity index (χ2n) is 8.21. The van der Waals surface area contributed by atoms with Crippen LogP contribution >= 0.6 is 0 Å². The van der Waals surface area contributed by atoms with E-state index in [0.29, 0.717) is 17.2 Å². The molecule has 0 saturated carbocycles. The van der Waals surface area contributed by atoms with Crippen LogP contribution in [0.2, 0.25) is 0 Å². The van der Waals surface area contributed by atoms with Crippen molar-refractivity contribution in [1.29, 1.82) is 0 Å². The fourth-order valence-corrected chi connectivity index (χ4v) is 4.17. The van der Waals surface area contributed by atoms with Gasteiger partial charge in [0.1, 0.15) is 22.7 Å². The number of benzene rings is 2. The van der Waals surface area contributed by atoms with Gasteiger partial charge in [0.15, 0.2) is 5.69 Å². The monoisotopic (exact) mass is 478 g/mol. The molecule has 4 rings (SSSR count). The summed E-state index contributed by atoms with van der Waals surface area (Å²) in [5.74, 6) is -0.831. The minimum absolute atomic E-state index is 0.0342. The van der Waals surface area contributed by atoms with Crippen LogP contribution in [-0.2, 0) is 22.6 Å². The molecule has 0 radical (unpaired) electrons. The molecule has 0 fully saturated rings. The van der Waals surface area contributed by atoms with Gasteiger partial charge < -0.3 is 24.1 Å². The van der Waals surface area contributed by atoms with Crippen LogP contribution in [0.4, 0.5) is 5.69 Å². The topological polar surface area (TPSA) is 112 Å². The third-order valence-electron chi connectivity index (χ3n) is 5.97. The summed E-state index contributed by atoms with van der Waals surface area (Å²) in [5, 5.41) is 2.94. The molecule has 0 aliphatic carbocycles. The number of imidazole rings is 1. The molecule has 3 aromatic rings. The van der Waals surface area contributed by atoms with Crippen molar-refractivity contribution in [3.63, 3.8) is 0 Å². The van der Waals surface area contributed by atoms with Crippen LogP contribution < -0.4 is 19.7 Å². The zero-order valence-electron chi connectivity index (χ0n) is 19.9. The van der Waals surface area contributed by atoms with Gasteiger partial charge in [-0.05, 0) is 12.5 Å². The standard InChI is InChI=1S/C25H26N4O6/c1-25(24(32)26-13-16-8-6-5-7-9-16)14-28-15-27-20(23(31)35-4)21(28)22(30)29(25)17-10-18(33-2)12-19(11-17)34-3/h5-12,15H,13-14H2,1-4H3,(H,26,32)/t25-/m1/s1. The lowest BCUT2D eigenvalue weighted by Gasteiger charge is -2.43. The number of hydrogen-bond donors (Lipinski definition) is 1. The van der Waals surface area contributed by atoms with E-state index >= 15 is 0 Å². The van der Waals surface area contributed by atoms with Crippen LogP contribution in [0.5, 0.6) is 11.5 Å². The van der Waals surface area contributed by atoms with Crippen LogP contribution in [0.15, 0.2) is 54.9 Å². The highest BCUT2D eigenvalue weighted by molar-refractivity contribution is 6.15. The Labute approximate surface area is 202 Å². The van der Waals surface area contributed by atoms with Crippen LogP contribution in [0.3, 0.4) is 0 Å². The second kappa shape index (κ2) is 9.49. The van der Waals surface area contributed by atoms with Gasteiger partial charge >= 0.3 is 5.97 Å². The van der Waals surface area contributed by atoms with E-state index in [1.807, 2.05) is 30.3 Å². The molecule has 0 unspecified atom stereocenters. The Bertz CT molecular complexity index is 1250. The highest BCUT2D eigenvalue weighted by Gasteiger charge is 2.50. The largest absolute Gasteiger partial charge is 0.497 e. The number of methoxy groups -OCH3 is 3. The zero-order chi connectivity index (χ0) is 25.2. The predicted octanol–water partition coefficient (Wildman–Crippen LogP) is 2.42. The highest BCUT2D eigenvalue weighted by Crippen LogP contribution is 2.37. The Balaban J connectivity index is 1.81. The SMILES string of the molecule is COC(=O)c1ncn2c1C(=O)N(c1cc(OC)cc(OC)c1)[C@@](C)(C(=O)NCc1ccccc1)C2. The van der Waals surface area contributed by atoms with E-state index in [0.717, 1.165) is 5.56 Å². The number of carbonyl (C=O) groups is 3. The maximum Gasteiger partial charge on any atom is 0.359 e. The molecular formula is C25H26N4O6. The highest BCUT2D eigenvalue weighted by atomic mass is 16.5. The Morgan fingerprint density at radius 3 is 2.31 bits per heavy atom. The predicted molar refractivity (Wildman–Crippen MR) is 127 cm³/mol. The zero-order valence-corrected chi connectivity index (χ0v) is 19.9. The number of rotatable bonds is 7. The average Bonchev–Trinajstić information content (AvgIpc) is 3.30. The summed E-state index contributed by atoms with van der Waals surface area (Å²) in [6.45, 7) is 2.00. The lowest BCUT2D eigenvalue weighted by molar-refractivity contribution is -0.126. The Morgan fingerprint density at radius 2 is 1.71 bits per heavy atom. The van der Waals surface area contributed by atoms with E-state index in [-0.39, 0.29) is 30.4 Å². The van der Waals surface area contributed by atoms with E-state index in [1.165, 1.54) is 37.1 Å². The fraction of sp³-hybridized carbons (Fsp3) is 0.280. The summed E-state index contributed by atoms with van der Waals surface area (Å²) in [7, 11) is 4.20. The first-order valence-electron chi connectivity index (χ1n) is 10.9. The molecule has 0 saturated heterocycles. The Kier molecular flexibility index (Phi) is 6.46. The van der Waals surface area contributed by atoms with Crippen molar-refractivity contribution in [3.8, 4) is 11.5 Å². The number of aromatic nitrogens is 2. The van der Waals surface area contributed by atoms with E-state index in [2.05, 4.69) is 10.3 Å². The molecule has 1 aliphatic heterocycles. The van der Waals surface area contributed by atoms with Gasteiger partial charge in [-0.1, -0.05) is 30.3 Å². The molecule has 2 heterocycles. The molecule has 1 aromatic heterocycles. The quantitative estimate of drug-likeness (QED) is 0.519. The molecule has 1 N–H and O–H groups in total.